The Bertz CT molecular complexity index is 421. The number of hydrogen-bond acceptors (Lipinski definition) is 3. The fourth-order valence-electron chi connectivity index (χ4n) is 1.24. The molecule has 72 valence electrons. The van der Waals surface area contributed by atoms with Gasteiger partial charge in [0.2, 0.25) is 0 Å². The Morgan fingerprint density at radius 2 is 2.21 bits per heavy atom. The first kappa shape index (κ1) is 10.6. The first-order valence-corrected chi connectivity index (χ1v) is 4.26. The van der Waals surface area contributed by atoms with Gasteiger partial charge in [0, 0.05) is 5.56 Å². The molecule has 0 aliphatic heterocycles. The van der Waals surface area contributed by atoms with Crippen LogP contribution in [0.3, 0.4) is 0 Å². The Kier molecular flexibility index (Phi) is 3.10. The van der Waals surface area contributed by atoms with Crippen LogP contribution in [-0.2, 0) is 0 Å². The smallest absolute Gasteiger partial charge is 0.252 e. The van der Waals surface area contributed by atoms with Crippen molar-refractivity contribution in [1.82, 2.24) is 0 Å². The molecule has 0 saturated carbocycles. The Labute approximate surface area is 86.9 Å². The zero-order valence-corrected chi connectivity index (χ0v) is 8.55. The molecule has 0 aliphatic carbocycles. The van der Waals surface area contributed by atoms with E-state index in [0.717, 1.165) is 5.56 Å². The average Bonchev–Trinajstić information content (AvgIpc) is 2.16. The van der Waals surface area contributed by atoms with Crippen LogP contribution in [0.25, 0.3) is 0 Å². The molecular formula is C10H8ClNO2. The molecule has 0 aromatic heterocycles. The predicted octanol–water partition coefficient (Wildman–Crippen LogP) is 2.25. The minimum absolute atomic E-state index is 0.307. The summed E-state index contributed by atoms with van der Waals surface area (Å²) < 4.78 is 5.02. The Morgan fingerprint density at radius 1 is 1.57 bits per heavy atom. The Hall–Kier alpha value is -1.53. The summed E-state index contributed by atoms with van der Waals surface area (Å²) in [5, 5.41) is 8.22. The first-order chi connectivity index (χ1) is 6.60. The molecular weight excluding hydrogens is 202 g/mol. The molecule has 4 heteroatoms. The van der Waals surface area contributed by atoms with E-state index in [1.165, 1.54) is 13.2 Å². The molecule has 0 aliphatic rings. The van der Waals surface area contributed by atoms with Crippen molar-refractivity contribution in [3.8, 4) is 11.8 Å². The highest BCUT2D eigenvalue weighted by Crippen LogP contribution is 2.25. The van der Waals surface area contributed by atoms with Gasteiger partial charge in [-0.25, -0.2) is 0 Å². The molecule has 1 aromatic rings. The maximum Gasteiger partial charge on any atom is 0.252 e. The van der Waals surface area contributed by atoms with E-state index in [2.05, 4.69) is 0 Å². The van der Waals surface area contributed by atoms with E-state index < -0.39 is 5.24 Å². The number of methoxy groups -OCH3 is 1. The third kappa shape index (κ3) is 1.86. The largest absolute Gasteiger partial charge is 0.495 e. The second kappa shape index (κ2) is 4.12. The highest BCUT2D eigenvalue weighted by Gasteiger charge is 2.11. The van der Waals surface area contributed by atoms with Crippen LogP contribution >= 0.6 is 11.6 Å². The average molecular weight is 210 g/mol. The third-order valence-electron chi connectivity index (χ3n) is 1.83. The van der Waals surface area contributed by atoms with Crippen molar-refractivity contribution in [1.29, 1.82) is 5.26 Å². The normalized spacial score (nSPS) is 9.29. The molecule has 14 heavy (non-hydrogen) atoms. The van der Waals surface area contributed by atoms with Crippen molar-refractivity contribution in [3.63, 3.8) is 0 Å². The number of nitrogens with zero attached hydrogens (tertiary/aromatic N) is 1. The number of halogens is 1. The van der Waals surface area contributed by atoms with E-state index in [1.807, 2.05) is 6.07 Å². The van der Waals surface area contributed by atoms with Crippen LogP contribution in [0.2, 0.25) is 0 Å². The minimum Gasteiger partial charge on any atom is -0.495 e. The van der Waals surface area contributed by atoms with E-state index in [4.69, 9.17) is 21.6 Å². The molecule has 0 unspecified atom stereocenters. The lowest BCUT2D eigenvalue weighted by atomic mass is 10.1. The summed E-state index contributed by atoms with van der Waals surface area (Å²) in [5.41, 5.74) is 1.34. The van der Waals surface area contributed by atoms with Crippen molar-refractivity contribution in [2.45, 2.75) is 6.92 Å². The number of hydrogen-bond donors (Lipinski definition) is 0. The van der Waals surface area contributed by atoms with E-state index >= 15 is 0 Å². The van der Waals surface area contributed by atoms with Crippen molar-refractivity contribution >= 4 is 16.8 Å². The summed E-state index contributed by atoms with van der Waals surface area (Å²) in [6.45, 7) is 1.75. The van der Waals surface area contributed by atoms with Crippen LogP contribution in [0.15, 0.2) is 12.1 Å². The van der Waals surface area contributed by atoms with E-state index in [0.29, 0.717) is 16.9 Å². The van der Waals surface area contributed by atoms with Crippen LogP contribution in [0, 0.1) is 18.3 Å². The fourth-order valence-corrected chi connectivity index (χ4v) is 1.35. The number of benzene rings is 1. The van der Waals surface area contributed by atoms with Gasteiger partial charge < -0.3 is 4.74 Å². The fraction of sp³-hybridized carbons (Fsp3) is 0.200. The minimum atomic E-state index is -0.577. The summed E-state index contributed by atoms with van der Waals surface area (Å²) >= 11 is 5.31. The maximum atomic E-state index is 10.9. The van der Waals surface area contributed by atoms with Gasteiger partial charge >= 0.3 is 0 Å². The lowest BCUT2D eigenvalue weighted by Gasteiger charge is -2.07. The first-order valence-electron chi connectivity index (χ1n) is 3.88. The third-order valence-corrected chi connectivity index (χ3v) is 2.04. The second-order valence-corrected chi connectivity index (χ2v) is 3.10. The van der Waals surface area contributed by atoms with Crippen LogP contribution < -0.4 is 4.74 Å². The summed E-state index contributed by atoms with van der Waals surface area (Å²) in [6, 6.07) is 4.96. The monoisotopic (exact) mass is 209 g/mol. The standard InChI is InChI=1S/C10H8ClNO2/c1-6-3-7(10(11)13)4-8(5-12)9(6)14-2/h3-4H,1-2H3. The SMILES string of the molecule is COc1c(C)cc(C(=O)Cl)cc1C#N. The molecule has 0 heterocycles. The second-order valence-electron chi connectivity index (χ2n) is 2.76. The molecule has 0 fully saturated rings. The summed E-state index contributed by atoms with van der Waals surface area (Å²) in [4.78, 5) is 10.9. The van der Waals surface area contributed by atoms with Crippen molar-refractivity contribution in [2.24, 2.45) is 0 Å². The molecule has 0 N–H and O–H groups in total. The zero-order chi connectivity index (χ0) is 10.7. The molecule has 0 amide bonds. The molecule has 1 aromatic carbocycles. The van der Waals surface area contributed by atoms with Gasteiger partial charge in [-0.2, -0.15) is 5.26 Å². The molecule has 0 atom stereocenters. The van der Waals surface area contributed by atoms with Gasteiger partial charge in [-0.05, 0) is 36.2 Å². The van der Waals surface area contributed by atoms with Gasteiger partial charge in [-0.3, -0.25) is 4.79 Å². The summed E-state index contributed by atoms with van der Waals surface area (Å²) in [7, 11) is 1.48. The van der Waals surface area contributed by atoms with Crippen LogP contribution in [-0.4, -0.2) is 12.4 Å². The van der Waals surface area contributed by atoms with Crippen LogP contribution in [0.5, 0.6) is 5.75 Å². The zero-order valence-electron chi connectivity index (χ0n) is 7.80. The molecule has 1 rings (SSSR count). The van der Waals surface area contributed by atoms with Gasteiger partial charge in [0.25, 0.3) is 5.24 Å². The Morgan fingerprint density at radius 3 is 2.64 bits per heavy atom. The maximum absolute atomic E-state index is 10.9. The number of nitriles is 1. The van der Waals surface area contributed by atoms with Gasteiger partial charge in [-0.15, -0.1) is 0 Å². The molecule has 0 radical (unpaired) electrons. The van der Waals surface area contributed by atoms with Gasteiger partial charge in [0.1, 0.15) is 11.8 Å². The van der Waals surface area contributed by atoms with Crippen LogP contribution in [0.1, 0.15) is 21.5 Å². The van der Waals surface area contributed by atoms with E-state index in [9.17, 15) is 4.79 Å². The van der Waals surface area contributed by atoms with E-state index in [1.54, 1.807) is 13.0 Å². The lowest BCUT2D eigenvalue weighted by molar-refractivity contribution is 0.108. The van der Waals surface area contributed by atoms with Gasteiger partial charge in [0.15, 0.2) is 0 Å². The highest BCUT2D eigenvalue weighted by molar-refractivity contribution is 6.67. The topological polar surface area (TPSA) is 50.1 Å². The summed E-state index contributed by atoms with van der Waals surface area (Å²) in [6.07, 6.45) is 0. The number of carbonyl (C=O) groups excluding carboxylic acids is 1. The van der Waals surface area contributed by atoms with Crippen molar-refractivity contribution in [2.75, 3.05) is 7.11 Å². The predicted molar refractivity (Wildman–Crippen MR) is 52.6 cm³/mol. The summed E-state index contributed by atoms with van der Waals surface area (Å²) in [5.74, 6) is 0.481. The highest BCUT2D eigenvalue weighted by atomic mass is 35.5. The number of aryl methyl sites for hydroxylation is 1. The van der Waals surface area contributed by atoms with Crippen molar-refractivity contribution < 1.29 is 9.53 Å². The number of carbonyl (C=O) groups is 1. The Balaban J connectivity index is 3.41. The molecule has 0 spiro atoms. The number of ether oxygens (including phenoxy) is 1. The van der Waals surface area contributed by atoms with Crippen molar-refractivity contribution in [3.05, 3.63) is 28.8 Å². The lowest BCUT2D eigenvalue weighted by Crippen LogP contribution is -1.96. The van der Waals surface area contributed by atoms with Gasteiger partial charge in [0.05, 0.1) is 12.7 Å². The molecule has 3 nitrogen and oxygen atoms in total. The molecule has 0 bridgehead atoms. The van der Waals surface area contributed by atoms with E-state index in [-0.39, 0.29) is 0 Å². The quantitative estimate of drug-likeness (QED) is 0.702. The molecule has 0 saturated heterocycles. The number of rotatable bonds is 2. The van der Waals surface area contributed by atoms with Crippen LogP contribution in [0.4, 0.5) is 0 Å². The van der Waals surface area contributed by atoms with Gasteiger partial charge in [-0.1, -0.05) is 0 Å².